The lowest BCUT2D eigenvalue weighted by Gasteiger charge is -2.23. The highest BCUT2D eigenvalue weighted by molar-refractivity contribution is 7.89. The number of halogens is 1. The SMILES string of the molecule is COc1ccccc1CC1CNC(=O)CN(S(=O)(=O)c2ccc(Cl)cc2)C1=O. The van der Waals surface area contributed by atoms with E-state index in [1.807, 2.05) is 0 Å². The Morgan fingerprint density at radius 1 is 1.14 bits per heavy atom. The van der Waals surface area contributed by atoms with Crippen LogP contribution in [0, 0.1) is 5.92 Å². The first-order valence-electron chi connectivity index (χ1n) is 8.53. The fourth-order valence-corrected chi connectivity index (χ4v) is 4.56. The van der Waals surface area contributed by atoms with Crippen LogP contribution in [0.1, 0.15) is 5.56 Å². The van der Waals surface area contributed by atoms with Crippen LogP contribution in [0.25, 0.3) is 0 Å². The maximum atomic E-state index is 13.1. The summed E-state index contributed by atoms with van der Waals surface area (Å²) in [5.41, 5.74) is 0.753. The molecule has 0 radical (unpaired) electrons. The minimum Gasteiger partial charge on any atom is -0.496 e. The molecule has 1 heterocycles. The van der Waals surface area contributed by atoms with E-state index in [2.05, 4.69) is 5.32 Å². The van der Waals surface area contributed by atoms with Gasteiger partial charge in [-0.1, -0.05) is 29.8 Å². The van der Waals surface area contributed by atoms with Crippen LogP contribution >= 0.6 is 11.6 Å². The number of rotatable bonds is 5. The van der Waals surface area contributed by atoms with E-state index in [0.29, 0.717) is 15.1 Å². The third kappa shape index (κ3) is 4.13. The van der Waals surface area contributed by atoms with Gasteiger partial charge in [0.15, 0.2) is 0 Å². The Morgan fingerprint density at radius 3 is 2.50 bits per heavy atom. The van der Waals surface area contributed by atoms with Crippen LogP contribution in [0.5, 0.6) is 5.75 Å². The molecular weight excluding hydrogens is 404 g/mol. The second-order valence-corrected chi connectivity index (χ2v) is 8.62. The van der Waals surface area contributed by atoms with E-state index in [1.165, 1.54) is 31.4 Å². The summed E-state index contributed by atoms with van der Waals surface area (Å²) >= 11 is 5.82. The van der Waals surface area contributed by atoms with Gasteiger partial charge < -0.3 is 10.1 Å². The van der Waals surface area contributed by atoms with Crippen molar-refractivity contribution in [1.82, 2.24) is 9.62 Å². The predicted octanol–water partition coefficient (Wildman–Crippen LogP) is 1.85. The van der Waals surface area contributed by atoms with Gasteiger partial charge in [-0.3, -0.25) is 9.59 Å². The molecule has 7 nitrogen and oxygen atoms in total. The number of ether oxygens (including phenoxy) is 1. The van der Waals surface area contributed by atoms with Crippen molar-refractivity contribution in [3.05, 3.63) is 59.1 Å². The van der Waals surface area contributed by atoms with Crippen LogP contribution in [-0.2, 0) is 26.0 Å². The lowest BCUT2D eigenvalue weighted by atomic mass is 9.98. The summed E-state index contributed by atoms with van der Waals surface area (Å²) in [4.78, 5) is 25.0. The largest absolute Gasteiger partial charge is 0.496 e. The second kappa shape index (κ2) is 8.20. The molecule has 0 spiro atoms. The third-order valence-electron chi connectivity index (χ3n) is 4.49. The number of methoxy groups -OCH3 is 1. The number of nitrogens with zero attached hydrogens (tertiary/aromatic N) is 1. The highest BCUT2D eigenvalue weighted by Crippen LogP contribution is 2.25. The van der Waals surface area contributed by atoms with Gasteiger partial charge in [0, 0.05) is 11.6 Å². The van der Waals surface area contributed by atoms with Crippen molar-refractivity contribution >= 4 is 33.4 Å². The minimum absolute atomic E-state index is 0.0440. The molecule has 1 N–H and O–H groups in total. The maximum Gasteiger partial charge on any atom is 0.266 e. The number of hydrogen-bond acceptors (Lipinski definition) is 5. The molecule has 0 aliphatic carbocycles. The Kier molecular flexibility index (Phi) is 5.90. The molecular formula is C19H19ClN2O5S. The number of para-hydroxylation sites is 1. The third-order valence-corrected chi connectivity index (χ3v) is 6.50. The highest BCUT2D eigenvalue weighted by Gasteiger charge is 2.38. The molecule has 9 heteroatoms. The molecule has 1 unspecified atom stereocenters. The van der Waals surface area contributed by atoms with Gasteiger partial charge in [0.25, 0.3) is 10.0 Å². The summed E-state index contributed by atoms with van der Waals surface area (Å²) < 4.78 is 31.9. The number of nitrogens with one attached hydrogen (secondary N) is 1. The topological polar surface area (TPSA) is 92.8 Å². The van der Waals surface area contributed by atoms with Crippen LogP contribution < -0.4 is 10.1 Å². The molecule has 0 saturated carbocycles. The number of sulfonamides is 1. The summed E-state index contributed by atoms with van der Waals surface area (Å²) in [5.74, 6) is -1.32. The molecule has 1 fully saturated rings. The Bertz CT molecular complexity index is 992. The van der Waals surface area contributed by atoms with Crippen molar-refractivity contribution in [2.24, 2.45) is 5.92 Å². The normalized spacial score (nSPS) is 17.8. The van der Waals surface area contributed by atoms with Crippen molar-refractivity contribution < 1.29 is 22.7 Å². The van der Waals surface area contributed by atoms with Gasteiger partial charge in [-0.15, -0.1) is 0 Å². The van der Waals surface area contributed by atoms with Gasteiger partial charge in [0.05, 0.1) is 17.9 Å². The van der Waals surface area contributed by atoms with E-state index >= 15 is 0 Å². The van der Waals surface area contributed by atoms with E-state index in [9.17, 15) is 18.0 Å². The van der Waals surface area contributed by atoms with Crippen molar-refractivity contribution in [1.29, 1.82) is 0 Å². The van der Waals surface area contributed by atoms with Crippen molar-refractivity contribution in [3.63, 3.8) is 0 Å². The summed E-state index contributed by atoms with van der Waals surface area (Å²) in [6, 6.07) is 12.6. The maximum absolute atomic E-state index is 13.1. The summed E-state index contributed by atoms with van der Waals surface area (Å²) in [5, 5.41) is 2.99. The fourth-order valence-electron chi connectivity index (χ4n) is 3.03. The molecule has 3 rings (SSSR count). The Balaban J connectivity index is 1.94. The van der Waals surface area contributed by atoms with E-state index in [-0.39, 0.29) is 17.9 Å². The molecule has 2 aromatic carbocycles. The van der Waals surface area contributed by atoms with Crippen LogP contribution in [0.15, 0.2) is 53.4 Å². The van der Waals surface area contributed by atoms with Gasteiger partial charge in [-0.25, -0.2) is 12.7 Å². The summed E-state index contributed by atoms with van der Waals surface area (Å²) in [6.45, 7) is -0.519. The average molecular weight is 423 g/mol. The van der Waals surface area contributed by atoms with Gasteiger partial charge in [-0.05, 0) is 42.3 Å². The van der Waals surface area contributed by atoms with Gasteiger partial charge in [0.2, 0.25) is 11.8 Å². The van der Waals surface area contributed by atoms with Crippen LogP contribution in [0.4, 0.5) is 0 Å². The minimum atomic E-state index is -4.19. The molecule has 0 bridgehead atoms. The first-order chi connectivity index (χ1) is 13.3. The van der Waals surface area contributed by atoms with Crippen molar-refractivity contribution in [2.45, 2.75) is 11.3 Å². The molecule has 1 atom stereocenters. The molecule has 28 heavy (non-hydrogen) atoms. The van der Waals surface area contributed by atoms with E-state index in [0.717, 1.165) is 5.56 Å². The predicted molar refractivity (Wildman–Crippen MR) is 104 cm³/mol. The first kappa shape index (κ1) is 20.2. The molecule has 2 amide bonds. The quantitative estimate of drug-likeness (QED) is 0.793. The number of carbonyl (C=O) groups is 2. The van der Waals surface area contributed by atoms with Crippen LogP contribution in [-0.4, -0.2) is 44.7 Å². The zero-order chi connectivity index (χ0) is 20.3. The Labute approximate surface area is 168 Å². The molecule has 0 aromatic heterocycles. The smallest absolute Gasteiger partial charge is 0.266 e. The first-order valence-corrected chi connectivity index (χ1v) is 10.4. The zero-order valence-electron chi connectivity index (χ0n) is 15.1. The van der Waals surface area contributed by atoms with Gasteiger partial charge >= 0.3 is 0 Å². The average Bonchev–Trinajstić information content (AvgIpc) is 2.82. The van der Waals surface area contributed by atoms with Crippen molar-refractivity contribution in [3.8, 4) is 5.75 Å². The zero-order valence-corrected chi connectivity index (χ0v) is 16.7. The fraction of sp³-hybridized carbons (Fsp3) is 0.263. The lowest BCUT2D eigenvalue weighted by molar-refractivity contribution is -0.131. The molecule has 148 valence electrons. The monoisotopic (exact) mass is 422 g/mol. The van der Waals surface area contributed by atoms with Crippen LogP contribution in [0.2, 0.25) is 5.02 Å². The molecule has 2 aromatic rings. The lowest BCUT2D eigenvalue weighted by Crippen LogP contribution is -2.42. The summed E-state index contributed by atoms with van der Waals surface area (Å²) in [6.07, 6.45) is 0.232. The van der Waals surface area contributed by atoms with Gasteiger partial charge in [-0.2, -0.15) is 0 Å². The number of benzene rings is 2. The highest BCUT2D eigenvalue weighted by atomic mass is 35.5. The Hall–Kier alpha value is -2.58. The molecule has 1 aliphatic heterocycles. The molecule has 1 aliphatic rings. The van der Waals surface area contributed by atoms with Crippen molar-refractivity contribution in [2.75, 3.05) is 20.2 Å². The van der Waals surface area contributed by atoms with E-state index in [4.69, 9.17) is 16.3 Å². The molecule has 1 saturated heterocycles. The standard InChI is InChI=1S/C19H19ClN2O5S/c1-27-17-5-3-2-4-13(17)10-14-11-21-18(23)12-22(19(14)24)28(25,26)16-8-6-15(20)7-9-16/h2-9,14H,10-12H2,1H3,(H,21,23). The van der Waals surface area contributed by atoms with E-state index in [1.54, 1.807) is 24.3 Å². The number of hydrogen-bond donors (Lipinski definition) is 1. The van der Waals surface area contributed by atoms with E-state index < -0.39 is 34.3 Å². The van der Waals surface area contributed by atoms with Gasteiger partial charge in [0.1, 0.15) is 12.3 Å². The Morgan fingerprint density at radius 2 is 1.82 bits per heavy atom. The number of carbonyl (C=O) groups excluding carboxylic acids is 2. The van der Waals surface area contributed by atoms with Crippen LogP contribution in [0.3, 0.4) is 0 Å². The second-order valence-electron chi connectivity index (χ2n) is 6.32. The summed E-state index contributed by atoms with van der Waals surface area (Å²) in [7, 11) is -2.67. The number of amides is 2.